The number of carbonyl (C=O) groups excluding carboxylic acids is 1. The van der Waals surface area contributed by atoms with Gasteiger partial charge in [-0.25, -0.2) is 0 Å². The second-order valence-corrected chi connectivity index (χ2v) is 6.87. The van der Waals surface area contributed by atoms with Gasteiger partial charge in [0.2, 0.25) is 5.91 Å². The van der Waals surface area contributed by atoms with E-state index in [1.807, 2.05) is 17.0 Å². The average molecular weight is 301 g/mol. The van der Waals surface area contributed by atoms with Gasteiger partial charge in [0.25, 0.3) is 0 Å². The molecule has 1 saturated heterocycles. The summed E-state index contributed by atoms with van der Waals surface area (Å²) in [6.07, 6.45) is 8.28. The summed E-state index contributed by atoms with van der Waals surface area (Å²) in [4.78, 5) is 13.9. The highest BCUT2D eigenvalue weighted by molar-refractivity contribution is 5.83. The number of likely N-dealkylation sites (tertiary alicyclic amines) is 1. The van der Waals surface area contributed by atoms with E-state index in [-0.39, 0.29) is 11.9 Å². The van der Waals surface area contributed by atoms with Crippen molar-refractivity contribution in [3.63, 3.8) is 0 Å². The van der Waals surface area contributed by atoms with E-state index < -0.39 is 5.60 Å². The summed E-state index contributed by atoms with van der Waals surface area (Å²) in [7, 11) is 0. The Morgan fingerprint density at radius 3 is 2.45 bits per heavy atom. The molecule has 1 amide bonds. The normalized spacial score (nSPS) is 23.1. The van der Waals surface area contributed by atoms with Gasteiger partial charge in [-0.05, 0) is 36.8 Å². The van der Waals surface area contributed by atoms with E-state index in [0.29, 0.717) is 6.42 Å². The van der Waals surface area contributed by atoms with E-state index >= 15 is 0 Å². The van der Waals surface area contributed by atoms with Gasteiger partial charge in [0, 0.05) is 6.54 Å². The minimum Gasteiger partial charge on any atom is -0.385 e. The zero-order valence-corrected chi connectivity index (χ0v) is 13.6. The van der Waals surface area contributed by atoms with Crippen LogP contribution in [0.15, 0.2) is 24.3 Å². The fourth-order valence-corrected chi connectivity index (χ4v) is 3.56. The fraction of sp³-hybridized carbons (Fsp3) is 0.632. The van der Waals surface area contributed by atoms with E-state index in [1.54, 1.807) is 0 Å². The van der Waals surface area contributed by atoms with E-state index in [1.165, 1.54) is 24.8 Å². The summed E-state index contributed by atoms with van der Waals surface area (Å²) < 4.78 is 0. The van der Waals surface area contributed by atoms with Crippen molar-refractivity contribution in [1.29, 1.82) is 0 Å². The molecule has 1 aromatic carbocycles. The molecule has 2 aliphatic rings. The topological polar surface area (TPSA) is 40.5 Å². The Bertz CT molecular complexity index is 519. The highest BCUT2D eigenvalue weighted by Crippen LogP contribution is 2.42. The summed E-state index contributed by atoms with van der Waals surface area (Å²) in [5.74, 6) is 0.281. The van der Waals surface area contributed by atoms with Crippen molar-refractivity contribution in [2.24, 2.45) is 0 Å². The first kappa shape index (κ1) is 15.5. The lowest BCUT2D eigenvalue weighted by atomic mass is 9.75. The maximum absolute atomic E-state index is 11.8. The molecule has 3 heteroatoms. The van der Waals surface area contributed by atoms with Gasteiger partial charge in [0.1, 0.15) is 0 Å². The van der Waals surface area contributed by atoms with Crippen LogP contribution >= 0.6 is 0 Å². The smallest absolute Gasteiger partial charge is 0.225 e. The summed E-state index contributed by atoms with van der Waals surface area (Å²) in [6, 6.07) is 8.54. The van der Waals surface area contributed by atoms with Crippen molar-refractivity contribution in [2.45, 2.75) is 69.9 Å². The number of amides is 1. The average Bonchev–Trinajstić information content (AvgIpc) is 2.50. The molecule has 1 saturated carbocycles. The third kappa shape index (κ3) is 2.91. The lowest BCUT2D eigenvalue weighted by Gasteiger charge is -2.41. The van der Waals surface area contributed by atoms with E-state index in [9.17, 15) is 9.90 Å². The van der Waals surface area contributed by atoms with E-state index in [2.05, 4.69) is 19.1 Å². The van der Waals surface area contributed by atoms with Gasteiger partial charge in [-0.1, -0.05) is 50.5 Å². The monoisotopic (exact) mass is 301 g/mol. The van der Waals surface area contributed by atoms with Crippen LogP contribution in [0.4, 0.5) is 0 Å². The zero-order valence-electron chi connectivity index (χ0n) is 13.6. The number of carbonyl (C=O) groups is 1. The Labute approximate surface area is 133 Å². The number of aliphatic hydroxyl groups is 1. The fourth-order valence-electron chi connectivity index (χ4n) is 3.56. The van der Waals surface area contributed by atoms with E-state index in [0.717, 1.165) is 37.8 Å². The van der Waals surface area contributed by atoms with Crippen molar-refractivity contribution in [3.05, 3.63) is 35.4 Å². The van der Waals surface area contributed by atoms with Crippen molar-refractivity contribution in [3.8, 4) is 0 Å². The number of rotatable bonds is 7. The van der Waals surface area contributed by atoms with Crippen LogP contribution < -0.4 is 0 Å². The molecule has 22 heavy (non-hydrogen) atoms. The van der Waals surface area contributed by atoms with Crippen LogP contribution in [0, 0.1) is 0 Å². The molecule has 1 aliphatic heterocycles. The van der Waals surface area contributed by atoms with Crippen LogP contribution in [-0.4, -0.2) is 22.5 Å². The molecule has 1 aliphatic carbocycles. The summed E-state index contributed by atoms with van der Waals surface area (Å²) in [6.45, 7) is 3.09. The predicted octanol–water partition coefficient (Wildman–Crippen LogP) is 3.91. The molecule has 0 radical (unpaired) electrons. The van der Waals surface area contributed by atoms with Crippen LogP contribution in [0.1, 0.15) is 75.5 Å². The van der Waals surface area contributed by atoms with Gasteiger partial charge in [-0.2, -0.15) is 0 Å². The minimum absolute atomic E-state index is 0.249. The number of benzene rings is 1. The molecule has 0 aromatic heterocycles. The maximum atomic E-state index is 11.8. The van der Waals surface area contributed by atoms with Gasteiger partial charge in [-0.3, -0.25) is 4.79 Å². The van der Waals surface area contributed by atoms with Gasteiger partial charge in [0.05, 0.1) is 18.1 Å². The lowest BCUT2D eigenvalue weighted by molar-refractivity contribution is -0.146. The molecule has 120 valence electrons. The predicted molar refractivity (Wildman–Crippen MR) is 87.4 cm³/mol. The largest absolute Gasteiger partial charge is 0.385 e. The summed E-state index contributed by atoms with van der Waals surface area (Å²) in [5.41, 5.74) is 1.65. The van der Waals surface area contributed by atoms with Gasteiger partial charge in [-0.15, -0.1) is 0 Å². The van der Waals surface area contributed by atoms with Crippen molar-refractivity contribution >= 4 is 5.91 Å². The van der Waals surface area contributed by atoms with Crippen LogP contribution in [0.25, 0.3) is 0 Å². The molecule has 3 rings (SSSR count). The van der Waals surface area contributed by atoms with Gasteiger partial charge in [0.15, 0.2) is 0 Å². The molecule has 1 heterocycles. The van der Waals surface area contributed by atoms with Gasteiger partial charge >= 0.3 is 0 Å². The number of β-lactam (4-membered cyclic amide) rings is 1. The van der Waals surface area contributed by atoms with Crippen LogP contribution in [0.3, 0.4) is 0 Å². The molecule has 2 fully saturated rings. The lowest BCUT2D eigenvalue weighted by Crippen LogP contribution is -2.46. The van der Waals surface area contributed by atoms with Crippen molar-refractivity contribution in [1.82, 2.24) is 4.90 Å². The minimum atomic E-state index is -0.589. The Kier molecular flexibility index (Phi) is 4.53. The quantitative estimate of drug-likeness (QED) is 0.612. The first-order valence-corrected chi connectivity index (χ1v) is 8.76. The zero-order chi connectivity index (χ0) is 15.6. The van der Waals surface area contributed by atoms with E-state index in [4.69, 9.17) is 0 Å². The SMILES string of the molecule is CCCCCCN1C(=O)C[C@@H]1c1ccc(C2(O)CCC2)cc1. The molecular weight excluding hydrogens is 274 g/mol. The number of nitrogens with zero attached hydrogens (tertiary/aromatic N) is 1. The van der Waals surface area contributed by atoms with Crippen LogP contribution in [-0.2, 0) is 10.4 Å². The Hall–Kier alpha value is -1.35. The number of hydrogen-bond donors (Lipinski definition) is 1. The van der Waals surface area contributed by atoms with Crippen LogP contribution in [0.5, 0.6) is 0 Å². The standard InChI is InChI=1S/C19H27NO2/c1-2-3-4-5-13-20-17(14-18(20)21)15-7-9-16(10-8-15)19(22)11-6-12-19/h7-10,17,22H,2-6,11-14H2,1H3/t17-/m1/s1. The molecule has 0 bridgehead atoms. The third-order valence-electron chi connectivity index (χ3n) is 5.33. The highest BCUT2D eigenvalue weighted by atomic mass is 16.3. The molecule has 0 unspecified atom stereocenters. The third-order valence-corrected chi connectivity index (χ3v) is 5.33. The number of hydrogen-bond acceptors (Lipinski definition) is 2. The molecule has 0 spiro atoms. The molecule has 3 nitrogen and oxygen atoms in total. The molecule has 1 N–H and O–H groups in total. The summed E-state index contributed by atoms with van der Waals surface area (Å²) in [5, 5.41) is 10.4. The van der Waals surface area contributed by atoms with Crippen molar-refractivity contribution in [2.75, 3.05) is 6.54 Å². The Balaban J connectivity index is 1.60. The number of unbranched alkanes of at least 4 members (excludes halogenated alkanes) is 3. The Morgan fingerprint density at radius 1 is 1.18 bits per heavy atom. The second kappa shape index (κ2) is 6.41. The van der Waals surface area contributed by atoms with Gasteiger partial charge < -0.3 is 10.0 Å². The molecular formula is C19H27NO2. The second-order valence-electron chi connectivity index (χ2n) is 6.87. The maximum Gasteiger partial charge on any atom is 0.225 e. The summed E-state index contributed by atoms with van der Waals surface area (Å²) >= 11 is 0. The highest BCUT2D eigenvalue weighted by Gasteiger charge is 2.38. The molecule has 1 atom stereocenters. The van der Waals surface area contributed by atoms with Crippen LogP contribution in [0.2, 0.25) is 0 Å². The molecule has 1 aromatic rings. The first-order valence-electron chi connectivity index (χ1n) is 8.76. The Morgan fingerprint density at radius 2 is 1.91 bits per heavy atom. The van der Waals surface area contributed by atoms with Crippen molar-refractivity contribution < 1.29 is 9.90 Å². The first-order chi connectivity index (χ1) is 10.6.